The number of ether oxygens (including phenoxy) is 2. The third kappa shape index (κ3) is 13.8. The molecule has 0 aliphatic carbocycles. The molecule has 0 saturated heterocycles. The molecule has 0 spiro atoms. The molecule has 2 amide bonds. The van der Waals surface area contributed by atoms with Crippen molar-refractivity contribution in [1.82, 2.24) is 10.6 Å². The van der Waals surface area contributed by atoms with Gasteiger partial charge in [0.1, 0.15) is 13.2 Å². The predicted octanol–water partition coefficient (Wildman–Crippen LogP) is 1.63. The maximum atomic E-state index is 11.5. The third-order valence-electron chi connectivity index (χ3n) is 2.69. The summed E-state index contributed by atoms with van der Waals surface area (Å²) in [6.07, 6.45) is 1.57. The van der Waals surface area contributed by atoms with Crippen molar-refractivity contribution in [3.8, 4) is 0 Å². The van der Waals surface area contributed by atoms with Gasteiger partial charge in [-0.05, 0) is 54.4 Å². The quantitative estimate of drug-likeness (QED) is 0.601. The van der Waals surface area contributed by atoms with Gasteiger partial charge in [-0.3, -0.25) is 9.59 Å². The van der Waals surface area contributed by atoms with Crippen LogP contribution in [0.4, 0.5) is 0 Å². The van der Waals surface area contributed by atoms with Gasteiger partial charge in [0.05, 0.1) is 11.7 Å². The molecular formula is C16H32N2O4. The Bertz CT molecular complexity index is 338. The molecular weight excluding hydrogens is 284 g/mol. The molecule has 0 saturated carbocycles. The van der Waals surface area contributed by atoms with Crippen molar-refractivity contribution >= 4 is 11.8 Å². The number of hydrogen-bond donors (Lipinski definition) is 2. The van der Waals surface area contributed by atoms with Crippen molar-refractivity contribution in [3.05, 3.63) is 0 Å². The van der Waals surface area contributed by atoms with Gasteiger partial charge in [-0.15, -0.1) is 0 Å². The van der Waals surface area contributed by atoms with Crippen LogP contribution in [0.3, 0.4) is 0 Å². The molecule has 6 heteroatoms. The third-order valence-corrected chi connectivity index (χ3v) is 2.69. The van der Waals surface area contributed by atoms with Crippen LogP contribution in [0.25, 0.3) is 0 Å². The van der Waals surface area contributed by atoms with Crippen LogP contribution in [-0.4, -0.2) is 49.3 Å². The lowest BCUT2D eigenvalue weighted by Crippen LogP contribution is -2.34. The number of rotatable bonds is 10. The summed E-state index contributed by atoms with van der Waals surface area (Å²) in [5.74, 6) is -0.214. The summed E-state index contributed by atoms with van der Waals surface area (Å²) < 4.78 is 10.8. The molecule has 2 N–H and O–H groups in total. The van der Waals surface area contributed by atoms with Crippen molar-refractivity contribution in [1.29, 1.82) is 0 Å². The molecule has 1 atom stereocenters. The Balaban J connectivity index is 3.62. The maximum Gasteiger partial charge on any atom is 0.246 e. The highest BCUT2D eigenvalue weighted by molar-refractivity contribution is 5.77. The van der Waals surface area contributed by atoms with E-state index in [0.717, 1.165) is 12.8 Å². The Kier molecular flexibility index (Phi) is 10.0. The van der Waals surface area contributed by atoms with Crippen LogP contribution < -0.4 is 10.6 Å². The summed E-state index contributed by atoms with van der Waals surface area (Å²) in [4.78, 5) is 23.0. The maximum absolute atomic E-state index is 11.5. The smallest absolute Gasteiger partial charge is 0.246 e. The topological polar surface area (TPSA) is 76.7 Å². The standard InChI is InChI=1S/C16H32N2O4/c1-12(2)18-15(20)10-21-13(3)8-7-9-17-14(19)11-22-16(4,5)6/h12-13H,7-11H2,1-6H3,(H,17,19)(H,18,20). The predicted molar refractivity (Wildman–Crippen MR) is 86.6 cm³/mol. The molecule has 0 bridgehead atoms. The fraction of sp³-hybridized carbons (Fsp3) is 0.875. The van der Waals surface area contributed by atoms with Crippen LogP contribution >= 0.6 is 0 Å². The minimum atomic E-state index is -0.309. The summed E-state index contributed by atoms with van der Waals surface area (Å²) in [6, 6.07) is 0.122. The highest BCUT2D eigenvalue weighted by Crippen LogP contribution is 2.05. The van der Waals surface area contributed by atoms with Crippen molar-refractivity contribution in [2.45, 2.75) is 72.1 Å². The van der Waals surface area contributed by atoms with Crippen LogP contribution in [0.15, 0.2) is 0 Å². The number of hydrogen-bond acceptors (Lipinski definition) is 4. The number of carbonyl (C=O) groups excluding carboxylic acids is 2. The first-order valence-electron chi connectivity index (χ1n) is 7.92. The lowest BCUT2D eigenvalue weighted by molar-refractivity contribution is -0.130. The second kappa shape index (κ2) is 10.6. The monoisotopic (exact) mass is 316 g/mol. The normalized spacial score (nSPS) is 13.0. The van der Waals surface area contributed by atoms with Gasteiger partial charge in [0.25, 0.3) is 0 Å². The zero-order valence-electron chi connectivity index (χ0n) is 14.8. The van der Waals surface area contributed by atoms with E-state index >= 15 is 0 Å². The Morgan fingerprint density at radius 2 is 1.68 bits per heavy atom. The van der Waals surface area contributed by atoms with Gasteiger partial charge in [-0.2, -0.15) is 0 Å². The summed E-state index contributed by atoms with van der Waals surface area (Å²) in [5, 5.41) is 5.57. The Morgan fingerprint density at radius 1 is 1.05 bits per heavy atom. The van der Waals surface area contributed by atoms with E-state index in [-0.39, 0.29) is 42.8 Å². The van der Waals surface area contributed by atoms with E-state index in [1.54, 1.807) is 0 Å². The molecule has 0 fully saturated rings. The fourth-order valence-electron chi connectivity index (χ4n) is 1.62. The summed E-state index contributed by atoms with van der Waals surface area (Å²) in [5.41, 5.74) is -0.309. The Hall–Kier alpha value is -1.14. The average molecular weight is 316 g/mol. The zero-order chi connectivity index (χ0) is 17.2. The van der Waals surface area contributed by atoms with E-state index in [9.17, 15) is 9.59 Å². The lowest BCUT2D eigenvalue weighted by atomic mass is 10.2. The molecule has 22 heavy (non-hydrogen) atoms. The summed E-state index contributed by atoms with van der Waals surface area (Å²) in [7, 11) is 0. The molecule has 0 rings (SSSR count). The average Bonchev–Trinajstić information content (AvgIpc) is 2.37. The van der Waals surface area contributed by atoms with Gasteiger partial charge in [0.15, 0.2) is 0 Å². The second-order valence-electron chi connectivity index (χ2n) is 6.74. The van der Waals surface area contributed by atoms with Crippen LogP contribution in [0.1, 0.15) is 54.4 Å². The number of nitrogens with one attached hydrogen (secondary N) is 2. The van der Waals surface area contributed by atoms with Gasteiger partial charge in [-0.1, -0.05) is 0 Å². The van der Waals surface area contributed by atoms with E-state index in [1.165, 1.54) is 0 Å². The van der Waals surface area contributed by atoms with Crippen molar-refractivity contribution in [2.24, 2.45) is 0 Å². The van der Waals surface area contributed by atoms with Gasteiger partial charge < -0.3 is 20.1 Å². The van der Waals surface area contributed by atoms with E-state index in [0.29, 0.717) is 6.54 Å². The van der Waals surface area contributed by atoms with E-state index in [1.807, 2.05) is 41.5 Å². The van der Waals surface area contributed by atoms with Gasteiger partial charge in [-0.25, -0.2) is 0 Å². The van der Waals surface area contributed by atoms with Gasteiger partial charge in [0, 0.05) is 12.6 Å². The largest absolute Gasteiger partial charge is 0.369 e. The lowest BCUT2D eigenvalue weighted by Gasteiger charge is -2.19. The van der Waals surface area contributed by atoms with Crippen molar-refractivity contribution in [3.63, 3.8) is 0 Å². The van der Waals surface area contributed by atoms with Gasteiger partial charge in [0.2, 0.25) is 11.8 Å². The first-order valence-corrected chi connectivity index (χ1v) is 7.92. The van der Waals surface area contributed by atoms with Crippen LogP contribution in [-0.2, 0) is 19.1 Å². The Labute approximate surface area is 134 Å². The molecule has 0 aliphatic rings. The molecule has 0 aromatic rings. The Morgan fingerprint density at radius 3 is 2.23 bits per heavy atom. The number of carbonyl (C=O) groups is 2. The SMILES string of the molecule is CC(C)NC(=O)COC(C)CCCNC(=O)COC(C)(C)C. The second-order valence-corrected chi connectivity index (χ2v) is 6.74. The molecule has 6 nitrogen and oxygen atoms in total. The summed E-state index contributed by atoms with van der Waals surface area (Å²) >= 11 is 0. The minimum absolute atomic E-state index is 0.0133. The van der Waals surface area contributed by atoms with Crippen LogP contribution in [0, 0.1) is 0 Å². The highest BCUT2D eigenvalue weighted by atomic mass is 16.5. The molecule has 0 aliphatic heterocycles. The molecule has 0 aromatic carbocycles. The molecule has 130 valence electrons. The van der Waals surface area contributed by atoms with Crippen LogP contribution in [0.2, 0.25) is 0 Å². The van der Waals surface area contributed by atoms with E-state index in [2.05, 4.69) is 10.6 Å². The van der Waals surface area contributed by atoms with E-state index < -0.39 is 0 Å². The minimum Gasteiger partial charge on any atom is -0.369 e. The van der Waals surface area contributed by atoms with Crippen molar-refractivity contribution < 1.29 is 19.1 Å². The molecule has 0 radical (unpaired) electrons. The highest BCUT2D eigenvalue weighted by Gasteiger charge is 2.12. The summed E-state index contributed by atoms with van der Waals surface area (Å²) in [6.45, 7) is 12.2. The van der Waals surface area contributed by atoms with Crippen LogP contribution in [0.5, 0.6) is 0 Å². The zero-order valence-corrected chi connectivity index (χ0v) is 14.8. The van der Waals surface area contributed by atoms with E-state index in [4.69, 9.17) is 9.47 Å². The fourth-order valence-corrected chi connectivity index (χ4v) is 1.62. The molecule has 0 heterocycles. The first-order chi connectivity index (χ1) is 10.1. The molecule has 0 aromatic heterocycles. The van der Waals surface area contributed by atoms with Gasteiger partial charge >= 0.3 is 0 Å². The molecule has 1 unspecified atom stereocenters. The van der Waals surface area contributed by atoms with Crippen molar-refractivity contribution in [2.75, 3.05) is 19.8 Å². The first kappa shape index (κ1) is 20.9. The number of amides is 2.